The summed E-state index contributed by atoms with van der Waals surface area (Å²) in [4.78, 5) is 13.0. The molecule has 0 unspecified atom stereocenters. The van der Waals surface area contributed by atoms with Crippen molar-refractivity contribution < 1.29 is 0 Å². The van der Waals surface area contributed by atoms with Crippen LogP contribution in [0.4, 0.5) is 11.9 Å². The Hall–Kier alpha value is -1.66. The normalized spacial score (nSPS) is 8.89. The molecule has 0 aliphatic carbocycles. The molecule has 4 N–H and O–H groups in total. The van der Waals surface area contributed by atoms with Gasteiger partial charge in [0.25, 0.3) is 5.95 Å². The van der Waals surface area contributed by atoms with Crippen molar-refractivity contribution in [2.24, 2.45) is 5.29 Å². The van der Waals surface area contributed by atoms with Crippen molar-refractivity contribution in [3.8, 4) is 0 Å². The minimum absolute atomic E-state index is 0.0718. The highest BCUT2D eigenvalue weighted by Gasteiger charge is 1.95. The first kappa shape index (κ1) is 5.48. The third kappa shape index (κ3) is 1.12. The quantitative estimate of drug-likeness (QED) is 0.366. The van der Waals surface area contributed by atoms with Crippen LogP contribution in [0.1, 0.15) is 0 Å². The number of nitrogens with zero attached hydrogens (tertiary/aromatic N) is 3. The van der Waals surface area contributed by atoms with Crippen LogP contribution in [0.25, 0.3) is 0 Å². The Kier molecular flexibility index (Phi) is 1.26. The lowest BCUT2D eigenvalue weighted by molar-refractivity contribution is 1.08. The zero-order valence-corrected chi connectivity index (χ0v) is 4.33. The van der Waals surface area contributed by atoms with Crippen molar-refractivity contribution >= 4 is 11.9 Å². The van der Waals surface area contributed by atoms with Crippen molar-refractivity contribution in [1.29, 1.82) is 0 Å². The van der Waals surface area contributed by atoms with Crippen LogP contribution in [0.3, 0.4) is 0 Å². The lowest BCUT2D eigenvalue weighted by atomic mass is 11.0. The molecule has 1 aromatic rings. The third-order valence-corrected chi connectivity index (χ3v) is 0.648. The van der Waals surface area contributed by atoms with Gasteiger partial charge in [-0.1, -0.05) is 0 Å². The van der Waals surface area contributed by atoms with E-state index in [1.165, 1.54) is 0 Å². The lowest BCUT2D eigenvalue weighted by Gasteiger charge is -1.79. The average molecular weight is 128 g/mol. The van der Waals surface area contributed by atoms with Gasteiger partial charge in [-0.05, 0) is 0 Å². The topological polar surface area (TPSA) is 109 Å². The molecule has 0 saturated carbocycles. The van der Waals surface area contributed by atoms with E-state index in [-0.39, 0.29) is 11.9 Å². The van der Waals surface area contributed by atoms with Crippen molar-refractivity contribution in [1.82, 2.24) is 15.2 Å². The van der Waals surface area contributed by atoms with E-state index in [0.29, 0.717) is 0 Å². The number of aromatic nitrogens is 3. The smallest absolute Gasteiger partial charge is 0.266 e. The zero-order valence-electron chi connectivity index (χ0n) is 4.33. The van der Waals surface area contributed by atoms with E-state index in [1.807, 2.05) is 5.43 Å². The number of nitrogen functional groups attached to an aromatic ring is 1. The third-order valence-electron chi connectivity index (χ3n) is 0.648. The first-order valence-corrected chi connectivity index (χ1v) is 2.09. The number of aromatic amines is 1. The second kappa shape index (κ2) is 2.07. The van der Waals surface area contributed by atoms with Gasteiger partial charge in [-0.2, -0.15) is 4.98 Å². The van der Waals surface area contributed by atoms with Crippen LogP contribution >= 0.6 is 0 Å². The van der Waals surface area contributed by atoms with Crippen molar-refractivity contribution in [2.75, 3.05) is 11.2 Å². The Morgan fingerprint density at radius 3 is 3.00 bits per heavy atom. The SMILES string of the molecule is Nc1nc(NN=O)n[nH]1. The Balaban J connectivity index is 2.72. The number of hydrogen-bond acceptors (Lipinski definition) is 5. The van der Waals surface area contributed by atoms with Gasteiger partial charge in [0.1, 0.15) is 0 Å². The Labute approximate surface area is 49.6 Å². The molecule has 0 bridgehead atoms. The van der Waals surface area contributed by atoms with E-state index in [1.54, 1.807) is 0 Å². The number of nitrogens with two attached hydrogens (primary N) is 1. The molecule has 0 aliphatic heterocycles. The number of nitrogens with one attached hydrogen (secondary N) is 2. The average Bonchev–Trinajstić information content (AvgIpc) is 2.17. The molecule has 9 heavy (non-hydrogen) atoms. The molecule has 0 radical (unpaired) electrons. The van der Waals surface area contributed by atoms with Crippen LogP contribution in [0.15, 0.2) is 5.29 Å². The molecule has 0 aliphatic rings. The van der Waals surface area contributed by atoms with Crippen LogP contribution in [0, 0.1) is 4.91 Å². The molecule has 0 spiro atoms. The molecule has 0 fully saturated rings. The monoisotopic (exact) mass is 128 g/mol. The molecule has 0 amide bonds. The summed E-state index contributed by atoms with van der Waals surface area (Å²) in [6, 6.07) is 0. The van der Waals surface area contributed by atoms with Gasteiger partial charge in [-0.3, -0.25) is 0 Å². The highest BCUT2D eigenvalue weighted by Crippen LogP contribution is 1.96. The molecule has 48 valence electrons. The van der Waals surface area contributed by atoms with E-state index >= 15 is 0 Å². The van der Waals surface area contributed by atoms with Gasteiger partial charge in [0.2, 0.25) is 5.95 Å². The van der Waals surface area contributed by atoms with Gasteiger partial charge >= 0.3 is 0 Å². The number of hydrogen-bond donors (Lipinski definition) is 3. The summed E-state index contributed by atoms with van der Waals surface area (Å²) in [7, 11) is 0. The van der Waals surface area contributed by atoms with Crippen molar-refractivity contribution in [3.05, 3.63) is 4.91 Å². The highest BCUT2D eigenvalue weighted by molar-refractivity contribution is 5.28. The first-order valence-electron chi connectivity index (χ1n) is 2.09. The molecule has 7 heteroatoms. The molecule has 7 nitrogen and oxygen atoms in total. The molecule has 1 heterocycles. The van der Waals surface area contributed by atoms with Crippen molar-refractivity contribution in [2.45, 2.75) is 0 Å². The molecule has 1 rings (SSSR count). The van der Waals surface area contributed by atoms with Gasteiger partial charge < -0.3 is 5.73 Å². The van der Waals surface area contributed by atoms with E-state index in [9.17, 15) is 4.91 Å². The fourth-order valence-electron chi connectivity index (χ4n) is 0.365. The summed E-state index contributed by atoms with van der Waals surface area (Å²) in [5.41, 5.74) is 7.06. The summed E-state index contributed by atoms with van der Waals surface area (Å²) in [5, 5.41) is 8.07. The van der Waals surface area contributed by atoms with Crippen LogP contribution in [-0.4, -0.2) is 15.2 Å². The van der Waals surface area contributed by atoms with Crippen LogP contribution in [0.5, 0.6) is 0 Å². The molecular formula is C2H4N6O. The fraction of sp³-hybridized carbons (Fsp3) is 0. The molecule has 1 aromatic heterocycles. The number of H-pyrrole nitrogens is 1. The predicted octanol–water partition coefficient (Wildman–Crippen LogP) is -0.520. The number of anilines is 2. The lowest BCUT2D eigenvalue weighted by Crippen LogP contribution is -1.88. The summed E-state index contributed by atoms with van der Waals surface area (Å²) in [6.45, 7) is 0. The second-order valence-corrected chi connectivity index (χ2v) is 1.25. The number of nitroso groups, excluding NO2 is 1. The van der Waals surface area contributed by atoms with Gasteiger partial charge in [-0.15, -0.1) is 10.0 Å². The predicted molar refractivity (Wildman–Crippen MR) is 30.2 cm³/mol. The molecule has 0 aromatic carbocycles. The van der Waals surface area contributed by atoms with Crippen LogP contribution in [0.2, 0.25) is 0 Å². The van der Waals surface area contributed by atoms with Gasteiger partial charge in [0.15, 0.2) is 0 Å². The molecule has 0 atom stereocenters. The fourth-order valence-corrected chi connectivity index (χ4v) is 0.365. The minimum atomic E-state index is 0.0718. The van der Waals surface area contributed by atoms with Crippen LogP contribution in [-0.2, 0) is 0 Å². The van der Waals surface area contributed by atoms with E-state index in [4.69, 9.17) is 5.73 Å². The highest BCUT2D eigenvalue weighted by atomic mass is 16.3. The van der Waals surface area contributed by atoms with E-state index in [0.717, 1.165) is 0 Å². The first-order chi connectivity index (χ1) is 4.33. The summed E-state index contributed by atoms with van der Waals surface area (Å²) in [6.07, 6.45) is 0. The van der Waals surface area contributed by atoms with Crippen molar-refractivity contribution in [3.63, 3.8) is 0 Å². The van der Waals surface area contributed by atoms with E-state index < -0.39 is 0 Å². The zero-order chi connectivity index (χ0) is 6.69. The standard InChI is InChI=1S/C2H4N6O/c3-1-4-2(6-5-1)7-8-9/h(H4,3,4,5,6,7,9). The number of rotatable bonds is 2. The van der Waals surface area contributed by atoms with Gasteiger partial charge in [-0.25, -0.2) is 10.5 Å². The summed E-state index contributed by atoms with van der Waals surface area (Å²) >= 11 is 0. The Morgan fingerprint density at radius 1 is 1.78 bits per heavy atom. The maximum Gasteiger partial charge on any atom is 0.266 e. The van der Waals surface area contributed by atoms with E-state index in [2.05, 4.69) is 20.5 Å². The van der Waals surface area contributed by atoms with Gasteiger partial charge in [0, 0.05) is 0 Å². The molecular weight excluding hydrogens is 124 g/mol. The molecule has 0 saturated heterocycles. The summed E-state index contributed by atoms with van der Waals surface area (Å²) < 4.78 is 0. The van der Waals surface area contributed by atoms with Gasteiger partial charge in [0.05, 0.1) is 5.29 Å². The summed E-state index contributed by atoms with van der Waals surface area (Å²) in [5.74, 6) is 0.212. The minimum Gasteiger partial charge on any atom is -0.368 e. The Bertz CT molecular complexity index is 205. The maximum absolute atomic E-state index is 9.49. The Morgan fingerprint density at radius 2 is 2.56 bits per heavy atom. The second-order valence-electron chi connectivity index (χ2n) is 1.25. The van der Waals surface area contributed by atoms with Crippen LogP contribution < -0.4 is 11.2 Å². The maximum atomic E-state index is 9.49. The largest absolute Gasteiger partial charge is 0.368 e.